The van der Waals surface area contributed by atoms with Gasteiger partial charge in [0.15, 0.2) is 0 Å². The Morgan fingerprint density at radius 2 is 1.93 bits per heavy atom. The van der Waals surface area contributed by atoms with Gasteiger partial charge in [0.1, 0.15) is 12.9 Å². The minimum atomic E-state index is -4.76. The van der Waals surface area contributed by atoms with Gasteiger partial charge in [0, 0.05) is 22.6 Å². The van der Waals surface area contributed by atoms with Crippen LogP contribution in [0.15, 0.2) is 35.5 Å². The average Bonchev–Trinajstić information content (AvgIpc) is 2.99. The highest BCUT2D eigenvalue weighted by molar-refractivity contribution is 6.03. The number of benzene rings is 1. The van der Waals surface area contributed by atoms with Crippen molar-refractivity contribution in [1.29, 1.82) is 0 Å². The Morgan fingerprint density at radius 1 is 1.23 bits per heavy atom. The maximum atomic E-state index is 12.5. The third-order valence-corrected chi connectivity index (χ3v) is 4.73. The Labute approximate surface area is 172 Å². The lowest BCUT2D eigenvalue weighted by Crippen LogP contribution is -2.21. The van der Waals surface area contributed by atoms with E-state index in [1.165, 1.54) is 31.4 Å². The molecule has 1 aromatic carbocycles. The third-order valence-electron chi connectivity index (χ3n) is 4.73. The molecule has 9 heteroatoms. The highest BCUT2D eigenvalue weighted by Gasteiger charge is 2.31. The molecule has 0 saturated heterocycles. The Kier molecular flexibility index (Phi) is 6.38. The zero-order valence-corrected chi connectivity index (χ0v) is 17.0. The molecule has 2 aromatic rings. The van der Waals surface area contributed by atoms with Crippen molar-refractivity contribution in [3.8, 4) is 11.4 Å². The van der Waals surface area contributed by atoms with Crippen LogP contribution in [-0.2, 0) is 27.2 Å². The zero-order chi connectivity index (χ0) is 21.9. The number of aromatic nitrogens is 1. The van der Waals surface area contributed by atoms with Gasteiger partial charge >= 0.3 is 12.3 Å². The number of oxime groups is 1. The van der Waals surface area contributed by atoms with E-state index in [0.717, 1.165) is 29.8 Å². The number of nitrogens with zero attached hydrogens (tertiary/aromatic N) is 2. The number of ether oxygens (including phenoxy) is 2. The van der Waals surface area contributed by atoms with Crippen molar-refractivity contribution in [3.05, 3.63) is 47.3 Å². The van der Waals surface area contributed by atoms with E-state index in [0.29, 0.717) is 11.4 Å². The van der Waals surface area contributed by atoms with E-state index >= 15 is 0 Å². The van der Waals surface area contributed by atoms with Gasteiger partial charge in [-0.15, -0.1) is 13.2 Å². The second kappa shape index (κ2) is 8.81. The molecule has 0 radical (unpaired) electrons. The van der Waals surface area contributed by atoms with Crippen molar-refractivity contribution < 1.29 is 32.3 Å². The summed E-state index contributed by atoms with van der Waals surface area (Å²) in [5.74, 6) is -0.415. The van der Waals surface area contributed by atoms with Gasteiger partial charge in [0.05, 0.1) is 18.7 Å². The lowest BCUT2D eigenvalue weighted by Gasteiger charge is -2.23. The molecule has 0 saturated carbocycles. The molecule has 0 aliphatic heterocycles. The van der Waals surface area contributed by atoms with Crippen molar-refractivity contribution >= 4 is 11.7 Å². The van der Waals surface area contributed by atoms with Crippen LogP contribution < -0.4 is 4.74 Å². The van der Waals surface area contributed by atoms with Crippen molar-refractivity contribution in [1.82, 2.24) is 4.57 Å². The maximum absolute atomic E-state index is 12.5. The molecule has 1 aliphatic carbocycles. The molecule has 0 spiro atoms. The number of esters is 1. The molecule has 162 valence electrons. The standard InChI is InChI=1S/C21H23F3N2O4/c1-4-29-20(27)12-15-11-17-18(25-28-3)9-13(2)10-19(17)26(15)14-5-7-16(8-6-14)30-21(22,23)24/h5-8,11,13H,4,9-10,12H2,1-3H3. The fraction of sp³-hybridized carbons (Fsp3) is 0.429. The molecule has 3 rings (SSSR count). The number of hydrogen-bond donors (Lipinski definition) is 0. The van der Waals surface area contributed by atoms with E-state index < -0.39 is 6.36 Å². The van der Waals surface area contributed by atoms with E-state index in [-0.39, 0.29) is 30.7 Å². The fourth-order valence-corrected chi connectivity index (χ4v) is 3.71. The SMILES string of the molecule is CCOC(=O)Cc1cc2c(n1-c1ccc(OC(F)(F)F)cc1)CC(C)CC2=NOC. The predicted octanol–water partition coefficient (Wildman–Crippen LogP) is 4.41. The van der Waals surface area contributed by atoms with Gasteiger partial charge in [-0.05, 0) is 56.0 Å². The number of halogens is 3. The minimum absolute atomic E-state index is 0.0241. The molecule has 1 heterocycles. The minimum Gasteiger partial charge on any atom is -0.466 e. The first-order chi connectivity index (χ1) is 14.2. The van der Waals surface area contributed by atoms with Gasteiger partial charge in [-0.1, -0.05) is 12.1 Å². The van der Waals surface area contributed by atoms with Crippen LogP contribution in [0.2, 0.25) is 0 Å². The van der Waals surface area contributed by atoms with Gasteiger partial charge in [-0.2, -0.15) is 0 Å². The molecule has 1 unspecified atom stereocenters. The van der Waals surface area contributed by atoms with Crippen LogP contribution in [0.5, 0.6) is 5.75 Å². The number of rotatable bonds is 6. The van der Waals surface area contributed by atoms with Crippen LogP contribution in [0.4, 0.5) is 13.2 Å². The molecule has 30 heavy (non-hydrogen) atoms. The highest BCUT2D eigenvalue weighted by atomic mass is 19.4. The molecule has 0 N–H and O–H groups in total. The van der Waals surface area contributed by atoms with Crippen molar-refractivity contribution in [2.24, 2.45) is 11.1 Å². The van der Waals surface area contributed by atoms with E-state index in [1.807, 2.05) is 10.6 Å². The van der Waals surface area contributed by atoms with Gasteiger partial charge in [-0.3, -0.25) is 4.79 Å². The van der Waals surface area contributed by atoms with Crippen LogP contribution in [0.25, 0.3) is 5.69 Å². The molecule has 0 amide bonds. The van der Waals surface area contributed by atoms with E-state index in [2.05, 4.69) is 16.8 Å². The van der Waals surface area contributed by atoms with Crippen LogP contribution >= 0.6 is 0 Å². The summed E-state index contributed by atoms with van der Waals surface area (Å²) in [5.41, 5.74) is 3.85. The summed E-state index contributed by atoms with van der Waals surface area (Å²) in [6.07, 6.45) is -3.29. The molecular weight excluding hydrogens is 401 g/mol. The Bertz CT molecular complexity index is 933. The largest absolute Gasteiger partial charge is 0.573 e. The summed E-state index contributed by atoms with van der Waals surface area (Å²) >= 11 is 0. The average molecular weight is 424 g/mol. The normalized spacial score (nSPS) is 17.5. The van der Waals surface area contributed by atoms with Crippen molar-refractivity contribution in [2.75, 3.05) is 13.7 Å². The second-order valence-corrected chi connectivity index (χ2v) is 7.09. The van der Waals surface area contributed by atoms with E-state index in [4.69, 9.17) is 9.57 Å². The van der Waals surface area contributed by atoms with Gasteiger partial charge in [0.2, 0.25) is 0 Å². The number of carbonyl (C=O) groups excluding carboxylic acids is 1. The third kappa shape index (κ3) is 4.95. The van der Waals surface area contributed by atoms with Crippen LogP contribution in [0.3, 0.4) is 0 Å². The first-order valence-electron chi connectivity index (χ1n) is 9.57. The van der Waals surface area contributed by atoms with E-state index in [9.17, 15) is 18.0 Å². The van der Waals surface area contributed by atoms with Gasteiger partial charge < -0.3 is 18.9 Å². The summed E-state index contributed by atoms with van der Waals surface area (Å²) < 4.78 is 48.4. The second-order valence-electron chi connectivity index (χ2n) is 7.09. The maximum Gasteiger partial charge on any atom is 0.573 e. The summed E-state index contributed by atoms with van der Waals surface area (Å²) in [6, 6.07) is 7.43. The first-order valence-corrected chi connectivity index (χ1v) is 9.57. The molecule has 0 fully saturated rings. The van der Waals surface area contributed by atoms with Crippen LogP contribution in [0.1, 0.15) is 37.2 Å². The fourth-order valence-electron chi connectivity index (χ4n) is 3.71. The van der Waals surface area contributed by atoms with E-state index in [1.54, 1.807) is 6.92 Å². The lowest BCUT2D eigenvalue weighted by atomic mass is 9.87. The van der Waals surface area contributed by atoms with Crippen LogP contribution in [0, 0.1) is 5.92 Å². The Hall–Kier alpha value is -2.97. The number of alkyl halides is 3. The van der Waals surface area contributed by atoms with Gasteiger partial charge in [0.25, 0.3) is 0 Å². The summed E-state index contributed by atoms with van der Waals surface area (Å²) in [5, 5.41) is 4.14. The molecule has 6 nitrogen and oxygen atoms in total. The molecule has 1 aromatic heterocycles. The quantitative estimate of drug-likeness (QED) is 0.509. The molecule has 0 bridgehead atoms. The topological polar surface area (TPSA) is 62.0 Å². The summed E-state index contributed by atoms with van der Waals surface area (Å²) in [4.78, 5) is 17.1. The Balaban J connectivity index is 2.07. The number of fused-ring (bicyclic) bond motifs is 1. The zero-order valence-electron chi connectivity index (χ0n) is 17.0. The number of carbonyl (C=O) groups is 1. The summed E-state index contributed by atoms with van der Waals surface area (Å²) in [6.45, 7) is 4.07. The monoisotopic (exact) mass is 424 g/mol. The number of hydrogen-bond acceptors (Lipinski definition) is 5. The van der Waals surface area contributed by atoms with Crippen molar-refractivity contribution in [2.45, 2.75) is 39.5 Å². The molecule has 1 atom stereocenters. The van der Waals surface area contributed by atoms with Crippen LogP contribution in [-0.4, -0.2) is 36.3 Å². The lowest BCUT2D eigenvalue weighted by molar-refractivity contribution is -0.274. The smallest absolute Gasteiger partial charge is 0.466 e. The summed E-state index contributed by atoms with van der Waals surface area (Å²) in [7, 11) is 1.47. The Morgan fingerprint density at radius 3 is 2.53 bits per heavy atom. The molecule has 1 aliphatic rings. The molecular formula is C21H23F3N2O4. The predicted molar refractivity (Wildman–Crippen MR) is 104 cm³/mol. The highest BCUT2D eigenvalue weighted by Crippen LogP contribution is 2.33. The first kappa shape index (κ1) is 21.7. The van der Waals surface area contributed by atoms with Crippen molar-refractivity contribution in [3.63, 3.8) is 0 Å². The van der Waals surface area contributed by atoms with Gasteiger partial charge in [-0.25, -0.2) is 0 Å².